The molecule has 5 heteroatoms. The number of fused-ring (bicyclic) bond motifs is 1. The zero-order chi connectivity index (χ0) is 22.0. The molecule has 4 rings (SSSR count). The maximum absolute atomic E-state index is 13.1. The van der Waals surface area contributed by atoms with Crippen LogP contribution in [0.15, 0.2) is 42.5 Å². The van der Waals surface area contributed by atoms with Crippen molar-refractivity contribution in [3.8, 4) is 5.75 Å². The highest BCUT2D eigenvalue weighted by molar-refractivity contribution is 5.82. The van der Waals surface area contributed by atoms with Crippen LogP contribution in [0.25, 0.3) is 0 Å². The quantitative estimate of drug-likeness (QED) is 0.736. The van der Waals surface area contributed by atoms with Crippen molar-refractivity contribution >= 4 is 11.8 Å². The van der Waals surface area contributed by atoms with Gasteiger partial charge in [-0.25, -0.2) is 0 Å². The Morgan fingerprint density at radius 1 is 1.13 bits per heavy atom. The lowest BCUT2D eigenvalue weighted by Crippen LogP contribution is -2.41. The van der Waals surface area contributed by atoms with E-state index in [-0.39, 0.29) is 30.4 Å². The van der Waals surface area contributed by atoms with E-state index < -0.39 is 0 Å². The Kier molecular flexibility index (Phi) is 6.30. The van der Waals surface area contributed by atoms with Gasteiger partial charge in [-0.2, -0.15) is 0 Å². The van der Waals surface area contributed by atoms with Gasteiger partial charge in [0.15, 0.2) is 6.61 Å². The van der Waals surface area contributed by atoms with Crippen molar-refractivity contribution in [3.05, 3.63) is 64.7 Å². The minimum absolute atomic E-state index is 0.00851. The van der Waals surface area contributed by atoms with Crippen LogP contribution in [-0.4, -0.2) is 36.4 Å². The molecule has 1 aliphatic heterocycles. The van der Waals surface area contributed by atoms with Crippen molar-refractivity contribution < 1.29 is 14.3 Å². The zero-order valence-electron chi connectivity index (χ0n) is 18.7. The molecular weight excluding hydrogens is 388 g/mol. The highest BCUT2D eigenvalue weighted by Gasteiger charge is 2.39. The topological polar surface area (TPSA) is 58.6 Å². The third-order valence-electron chi connectivity index (χ3n) is 6.03. The first-order chi connectivity index (χ1) is 14.9. The fourth-order valence-electron chi connectivity index (χ4n) is 4.11. The summed E-state index contributed by atoms with van der Waals surface area (Å²) in [5, 5.41) is 2.88. The van der Waals surface area contributed by atoms with E-state index in [1.165, 1.54) is 11.1 Å². The molecule has 1 N–H and O–H groups in total. The minimum Gasteiger partial charge on any atom is -0.484 e. The highest BCUT2D eigenvalue weighted by Crippen LogP contribution is 2.41. The molecule has 1 fully saturated rings. The smallest absolute Gasteiger partial charge is 0.257 e. The summed E-state index contributed by atoms with van der Waals surface area (Å²) in [6.45, 7) is 7.56. The van der Waals surface area contributed by atoms with Gasteiger partial charge in [0.25, 0.3) is 5.91 Å². The number of carbonyl (C=O) groups is 2. The summed E-state index contributed by atoms with van der Waals surface area (Å²) in [5.41, 5.74) is 4.66. The molecule has 164 valence electrons. The van der Waals surface area contributed by atoms with E-state index in [1.807, 2.05) is 17.0 Å². The molecule has 1 aliphatic carbocycles. The third-order valence-corrected chi connectivity index (χ3v) is 6.03. The van der Waals surface area contributed by atoms with Gasteiger partial charge < -0.3 is 15.0 Å². The Labute approximate surface area is 184 Å². The van der Waals surface area contributed by atoms with Crippen LogP contribution in [0.2, 0.25) is 0 Å². The Bertz CT molecular complexity index is 948. The van der Waals surface area contributed by atoms with Crippen LogP contribution < -0.4 is 10.1 Å². The molecule has 1 atom stereocenters. The van der Waals surface area contributed by atoms with Crippen molar-refractivity contribution in [2.75, 3.05) is 19.7 Å². The number of benzene rings is 2. The monoisotopic (exact) mass is 420 g/mol. The number of nitrogens with one attached hydrogen (secondary N) is 1. The van der Waals surface area contributed by atoms with Gasteiger partial charge in [-0.15, -0.1) is 0 Å². The van der Waals surface area contributed by atoms with Crippen LogP contribution in [0.3, 0.4) is 0 Å². The number of amides is 2. The summed E-state index contributed by atoms with van der Waals surface area (Å²) in [7, 11) is 0. The molecule has 2 amide bonds. The molecular formula is C26H32N2O3. The summed E-state index contributed by atoms with van der Waals surface area (Å²) in [6.07, 6.45) is 2.83. The fraction of sp³-hybridized carbons (Fsp3) is 0.462. The van der Waals surface area contributed by atoms with Gasteiger partial charge in [0.1, 0.15) is 5.75 Å². The third kappa shape index (κ3) is 5.09. The van der Waals surface area contributed by atoms with Gasteiger partial charge in [0.2, 0.25) is 5.91 Å². The number of rotatable bonds is 7. The average molecular weight is 421 g/mol. The lowest BCUT2D eigenvalue weighted by Gasteiger charge is -2.38. The number of aryl methyl sites for hydroxylation is 1. The molecule has 2 aromatic rings. The molecule has 0 radical (unpaired) electrons. The number of ether oxygens (including phenoxy) is 1. The Hall–Kier alpha value is -2.82. The number of carbonyl (C=O) groups excluding carboxylic acids is 2. The van der Waals surface area contributed by atoms with E-state index in [0.717, 1.165) is 36.9 Å². The highest BCUT2D eigenvalue weighted by atomic mass is 16.5. The summed E-state index contributed by atoms with van der Waals surface area (Å²) < 4.78 is 5.81. The van der Waals surface area contributed by atoms with Crippen LogP contribution in [0, 0.1) is 18.8 Å². The van der Waals surface area contributed by atoms with Crippen molar-refractivity contribution in [2.45, 2.75) is 46.1 Å². The average Bonchev–Trinajstić information content (AvgIpc) is 3.61. The van der Waals surface area contributed by atoms with Crippen molar-refractivity contribution in [3.63, 3.8) is 0 Å². The molecule has 2 aromatic carbocycles. The van der Waals surface area contributed by atoms with E-state index in [9.17, 15) is 9.59 Å². The lowest BCUT2D eigenvalue weighted by molar-refractivity contribution is -0.134. The second-order valence-electron chi connectivity index (χ2n) is 9.22. The first kappa shape index (κ1) is 21.4. The molecule has 1 saturated carbocycles. The van der Waals surface area contributed by atoms with Crippen molar-refractivity contribution in [1.29, 1.82) is 0 Å². The van der Waals surface area contributed by atoms with Gasteiger partial charge in [-0.05, 0) is 60.9 Å². The van der Waals surface area contributed by atoms with E-state index in [4.69, 9.17) is 4.74 Å². The molecule has 1 heterocycles. The minimum atomic E-state index is -0.118. The van der Waals surface area contributed by atoms with E-state index in [0.29, 0.717) is 18.2 Å². The lowest BCUT2D eigenvalue weighted by atomic mass is 9.87. The number of hydrogen-bond donors (Lipinski definition) is 1. The van der Waals surface area contributed by atoms with Crippen LogP contribution in [-0.2, 0) is 16.0 Å². The van der Waals surface area contributed by atoms with Gasteiger partial charge >= 0.3 is 0 Å². The Balaban J connectivity index is 1.59. The number of hydrogen-bond acceptors (Lipinski definition) is 3. The molecule has 5 nitrogen and oxygen atoms in total. The van der Waals surface area contributed by atoms with Crippen molar-refractivity contribution in [2.24, 2.45) is 11.8 Å². The van der Waals surface area contributed by atoms with E-state index in [2.05, 4.69) is 56.4 Å². The molecule has 0 aromatic heterocycles. The number of nitrogens with zero attached hydrogens (tertiary/aromatic N) is 1. The van der Waals surface area contributed by atoms with Gasteiger partial charge in [-0.3, -0.25) is 9.59 Å². The van der Waals surface area contributed by atoms with Crippen LogP contribution >= 0.6 is 0 Å². The first-order valence-corrected chi connectivity index (χ1v) is 11.3. The van der Waals surface area contributed by atoms with Gasteiger partial charge in [-0.1, -0.05) is 49.7 Å². The van der Waals surface area contributed by atoms with Crippen LogP contribution in [0.5, 0.6) is 5.75 Å². The summed E-state index contributed by atoms with van der Waals surface area (Å²) in [5.74, 6) is 1.38. The van der Waals surface area contributed by atoms with E-state index >= 15 is 0 Å². The Morgan fingerprint density at radius 3 is 2.55 bits per heavy atom. The van der Waals surface area contributed by atoms with Crippen molar-refractivity contribution in [1.82, 2.24) is 10.2 Å². The molecule has 0 spiro atoms. The van der Waals surface area contributed by atoms with Gasteiger partial charge in [0, 0.05) is 19.0 Å². The maximum Gasteiger partial charge on any atom is 0.257 e. The molecule has 0 saturated heterocycles. The molecule has 31 heavy (non-hydrogen) atoms. The normalized spacial score (nSPS) is 17.9. The van der Waals surface area contributed by atoms with Gasteiger partial charge in [0.05, 0.1) is 6.04 Å². The fourth-order valence-corrected chi connectivity index (χ4v) is 4.11. The van der Waals surface area contributed by atoms with Crippen LogP contribution in [0.1, 0.15) is 55.0 Å². The Morgan fingerprint density at radius 2 is 1.87 bits per heavy atom. The maximum atomic E-state index is 13.1. The van der Waals surface area contributed by atoms with E-state index in [1.54, 1.807) is 0 Å². The summed E-state index contributed by atoms with van der Waals surface area (Å²) in [4.78, 5) is 27.2. The molecule has 0 unspecified atom stereocenters. The predicted molar refractivity (Wildman–Crippen MR) is 121 cm³/mol. The second kappa shape index (κ2) is 9.13. The second-order valence-corrected chi connectivity index (χ2v) is 9.22. The van der Waals surface area contributed by atoms with Crippen LogP contribution in [0.4, 0.5) is 0 Å². The summed E-state index contributed by atoms with van der Waals surface area (Å²) in [6, 6.07) is 14.4. The largest absolute Gasteiger partial charge is 0.484 e. The molecule has 2 aliphatic rings. The zero-order valence-corrected chi connectivity index (χ0v) is 18.7. The summed E-state index contributed by atoms with van der Waals surface area (Å²) >= 11 is 0. The first-order valence-electron chi connectivity index (χ1n) is 11.3. The predicted octanol–water partition coefficient (Wildman–Crippen LogP) is 4.03. The standard InChI is InChI=1S/C26H32N2O3/c1-17(2)15-27-24(29)16-31-22-11-10-19-12-13-28(26(30)21-8-9-21)25(23(19)14-22)20-6-4-18(3)5-7-20/h4-7,10-11,14,17,21,25H,8-9,12-13,15-16H2,1-3H3,(H,27,29)/t25-/m1/s1. The molecule has 0 bridgehead atoms. The SMILES string of the molecule is Cc1ccc([C@@H]2c3cc(OCC(=O)NCC(C)C)ccc3CCN2C(=O)C2CC2)cc1.